The van der Waals surface area contributed by atoms with E-state index in [0.29, 0.717) is 18.5 Å². The molecule has 114 valence electrons. The zero-order valence-corrected chi connectivity index (χ0v) is 13.7. The van der Waals surface area contributed by atoms with E-state index in [9.17, 15) is 4.39 Å². The fourth-order valence-corrected chi connectivity index (χ4v) is 4.12. The zero-order valence-electron chi connectivity index (χ0n) is 12.1. The normalized spacial score (nSPS) is 24.0. The van der Waals surface area contributed by atoms with E-state index in [2.05, 4.69) is 25.8 Å². The average Bonchev–Trinajstić information content (AvgIpc) is 2.67. The molecular formula is C16H21BrFN3. The van der Waals surface area contributed by atoms with E-state index in [1.54, 1.807) is 0 Å². The van der Waals surface area contributed by atoms with Crippen molar-refractivity contribution >= 4 is 21.9 Å². The predicted molar refractivity (Wildman–Crippen MR) is 86.7 cm³/mol. The Labute approximate surface area is 133 Å². The van der Waals surface area contributed by atoms with Crippen LogP contribution in [0.3, 0.4) is 0 Å². The maximum atomic E-state index is 13.3. The third-order valence-electron chi connectivity index (χ3n) is 4.57. The van der Waals surface area contributed by atoms with Crippen LogP contribution in [0.25, 0.3) is 0 Å². The van der Waals surface area contributed by atoms with Crippen molar-refractivity contribution in [1.82, 2.24) is 4.90 Å². The van der Waals surface area contributed by atoms with Gasteiger partial charge in [-0.3, -0.25) is 4.99 Å². The lowest BCUT2D eigenvalue weighted by Gasteiger charge is -2.34. The topological polar surface area (TPSA) is 41.6 Å². The van der Waals surface area contributed by atoms with Gasteiger partial charge in [0, 0.05) is 10.5 Å². The number of hydrogen-bond donors (Lipinski definition) is 1. The number of halogens is 2. The third kappa shape index (κ3) is 3.07. The summed E-state index contributed by atoms with van der Waals surface area (Å²) in [6.07, 6.45) is 7.48. The molecule has 1 atom stereocenters. The molecule has 1 aromatic carbocycles. The van der Waals surface area contributed by atoms with Crippen LogP contribution in [0.4, 0.5) is 4.39 Å². The Kier molecular flexibility index (Phi) is 4.48. The van der Waals surface area contributed by atoms with Gasteiger partial charge in [-0.15, -0.1) is 0 Å². The van der Waals surface area contributed by atoms with Crippen LogP contribution >= 0.6 is 15.9 Å². The van der Waals surface area contributed by atoms with Gasteiger partial charge in [-0.25, -0.2) is 4.39 Å². The largest absolute Gasteiger partial charge is 0.370 e. The number of hydrogen-bond acceptors (Lipinski definition) is 3. The lowest BCUT2D eigenvalue weighted by atomic mass is 10.0. The highest BCUT2D eigenvalue weighted by molar-refractivity contribution is 9.10. The van der Waals surface area contributed by atoms with Crippen molar-refractivity contribution in [3.63, 3.8) is 0 Å². The van der Waals surface area contributed by atoms with Gasteiger partial charge in [0.1, 0.15) is 5.82 Å². The number of nitrogens with zero attached hydrogens (tertiary/aromatic N) is 2. The molecule has 0 saturated heterocycles. The molecule has 5 heteroatoms. The smallest absolute Gasteiger partial charge is 0.192 e. The number of benzene rings is 1. The molecule has 1 heterocycles. The van der Waals surface area contributed by atoms with Crippen LogP contribution in [0.5, 0.6) is 0 Å². The van der Waals surface area contributed by atoms with Crippen molar-refractivity contribution in [2.24, 2.45) is 10.7 Å². The fourth-order valence-electron chi connectivity index (χ4n) is 3.51. The lowest BCUT2D eigenvalue weighted by molar-refractivity contribution is 0.236. The van der Waals surface area contributed by atoms with Gasteiger partial charge in [-0.1, -0.05) is 47.7 Å². The number of aliphatic imine (C=N–C) groups is 1. The number of rotatable bonds is 2. The van der Waals surface area contributed by atoms with E-state index in [-0.39, 0.29) is 11.9 Å². The van der Waals surface area contributed by atoms with Crippen LogP contribution in [0.15, 0.2) is 27.7 Å². The minimum absolute atomic E-state index is 0.128. The van der Waals surface area contributed by atoms with E-state index >= 15 is 0 Å². The van der Waals surface area contributed by atoms with Crippen LogP contribution in [0.2, 0.25) is 0 Å². The quantitative estimate of drug-likeness (QED) is 0.817. The molecule has 1 aliphatic carbocycles. The third-order valence-corrected chi connectivity index (χ3v) is 5.25. The molecule has 0 bridgehead atoms. The first-order valence-corrected chi connectivity index (χ1v) is 8.49. The summed E-state index contributed by atoms with van der Waals surface area (Å²) in [6, 6.07) is 5.47. The van der Waals surface area contributed by atoms with Gasteiger partial charge in [0.05, 0.1) is 12.6 Å². The minimum atomic E-state index is -0.224. The van der Waals surface area contributed by atoms with Gasteiger partial charge in [-0.2, -0.15) is 0 Å². The molecule has 1 saturated carbocycles. The second kappa shape index (κ2) is 6.34. The summed E-state index contributed by atoms with van der Waals surface area (Å²) in [4.78, 5) is 6.72. The molecule has 3 nitrogen and oxygen atoms in total. The first-order chi connectivity index (χ1) is 10.2. The van der Waals surface area contributed by atoms with Crippen LogP contribution in [0, 0.1) is 5.82 Å². The Bertz CT molecular complexity index is 538. The molecule has 0 aromatic heterocycles. The van der Waals surface area contributed by atoms with E-state index < -0.39 is 0 Å². The Morgan fingerprint density at radius 3 is 2.57 bits per heavy atom. The van der Waals surface area contributed by atoms with Gasteiger partial charge in [0.2, 0.25) is 0 Å². The van der Waals surface area contributed by atoms with E-state index in [0.717, 1.165) is 10.0 Å². The second-order valence-electron chi connectivity index (χ2n) is 5.93. The minimum Gasteiger partial charge on any atom is -0.370 e. The molecule has 1 aliphatic heterocycles. The Morgan fingerprint density at radius 1 is 1.19 bits per heavy atom. The SMILES string of the molecule is NC1=NCC(c2ccc(F)cc2Br)N1C1CCCCCC1. The van der Waals surface area contributed by atoms with E-state index in [1.165, 1.54) is 50.7 Å². The van der Waals surface area contributed by atoms with Gasteiger partial charge in [0.25, 0.3) is 0 Å². The fraction of sp³-hybridized carbons (Fsp3) is 0.562. The molecule has 2 aliphatic rings. The molecule has 1 unspecified atom stereocenters. The highest BCUT2D eigenvalue weighted by Gasteiger charge is 2.34. The predicted octanol–water partition coefficient (Wildman–Crippen LogP) is 3.98. The van der Waals surface area contributed by atoms with Crippen molar-refractivity contribution in [2.45, 2.75) is 50.6 Å². The molecular weight excluding hydrogens is 333 g/mol. The summed E-state index contributed by atoms with van der Waals surface area (Å²) in [5.74, 6) is 0.418. The first kappa shape index (κ1) is 14.8. The van der Waals surface area contributed by atoms with Crippen molar-refractivity contribution in [3.8, 4) is 0 Å². The molecule has 0 radical (unpaired) electrons. The molecule has 3 rings (SSSR count). The average molecular weight is 354 g/mol. The second-order valence-corrected chi connectivity index (χ2v) is 6.79. The standard InChI is InChI=1S/C16H21BrFN3/c17-14-9-11(18)7-8-13(14)15-10-20-16(19)21(15)12-5-3-1-2-4-6-12/h7-9,12,15H,1-6,10H2,(H2,19,20). The lowest BCUT2D eigenvalue weighted by Crippen LogP contribution is -2.43. The molecule has 21 heavy (non-hydrogen) atoms. The van der Waals surface area contributed by atoms with Crippen LogP contribution in [0.1, 0.15) is 50.1 Å². The summed E-state index contributed by atoms with van der Waals surface area (Å²) in [5, 5.41) is 0. The highest BCUT2D eigenvalue weighted by atomic mass is 79.9. The molecule has 1 aromatic rings. The summed E-state index contributed by atoms with van der Waals surface area (Å²) >= 11 is 3.49. The van der Waals surface area contributed by atoms with E-state index in [4.69, 9.17) is 5.73 Å². The number of guanidine groups is 1. The van der Waals surface area contributed by atoms with Crippen molar-refractivity contribution in [1.29, 1.82) is 0 Å². The van der Waals surface area contributed by atoms with E-state index in [1.807, 2.05) is 6.07 Å². The molecule has 0 amide bonds. The van der Waals surface area contributed by atoms with Gasteiger partial charge >= 0.3 is 0 Å². The number of nitrogens with two attached hydrogens (primary N) is 1. The monoisotopic (exact) mass is 353 g/mol. The van der Waals surface area contributed by atoms with Crippen LogP contribution < -0.4 is 5.73 Å². The summed E-state index contributed by atoms with van der Waals surface area (Å²) in [7, 11) is 0. The van der Waals surface area contributed by atoms with Gasteiger partial charge < -0.3 is 10.6 Å². The summed E-state index contributed by atoms with van der Waals surface area (Å²) in [5.41, 5.74) is 7.23. The first-order valence-electron chi connectivity index (χ1n) is 7.70. The van der Waals surface area contributed by atoms with Gasteiger partial charge in [-0.05, 0) is 30.5 Å². The van der Waals surface area contributed by atoms with Crippen molar-refractivity contribution < 1.29 is 4.39 Å². The Morgan fingerprint density at radius 2 is 1.90 bits per heavy atom. The Balaban J connectivity index is 1.87. The van der Waals surface area contributed by atoms with Crippen molar-refractivity contribution in [3.05, 3.63) is 34.1 Å². The molecule has 1 fully saturated rings. The molecule has 2 N–H and O–H groups in total. The summed E-state index contributed by atoms with van der Waals surface area (Å²) in [6.45, 7) is 0.659. The molecule has 0 spiro atoms. The summed E-state index contributed by atoms with van der Waals surface area (Å²) < 4.78 is 14.1. The zero-order chi connectivity index (χ0) is 14.8. The van der Waals surface area contributed by atoms with Crippen LogP contribution in [-0.4, -0.2) is 23.4 Å². The van der Waals surface area contributed by atoms with Crippen molar-refractivity contribution in [2.75, 3.05) is 6.54 Å². The van der Waals surface area contributed by atoms with Crippen LogP contribution in [-0.2, 0) is 0 Å². The van der Waals surface area contributed by atoms with Gasteiger partial charge in [0.15, 0.2) is 5.96 Å². The maximum absolute atomic E-state index is 13.3. The maximum Gasteiger partial charge on any atom is 0.192 e. The Hall–Kier alpha value is -1.10. The highest BCUT2D eigenvalue weighted by Crippen LogP contribution is 2.36.